The largest absolute Gasteiger partial charge is 0.368 e. The molecule has 2 aromatic rings. The maximum atomic E-state index is 6.18. The van der Waals surface area contributed by atoms with Crippen molar-refractivity contribution in [2.45, 2.75) is 40.3 Å². The molecule has 3 rings (SSSR count). The molecule has 1 aliphatic heterocycles. The van der Waals surface area contributed by atoms with Gasteiger partial charge in [-0.1, -0.05) is 55.3 Å². The number of anilines is 1. The molecule has 0 bridgehead atoms. The van der Waals surface area contributed by atoms with E-state index in [0.717, 1.165) is 37.3 Å². The maximum absolute atomic E-state index is 6.18. The molecule has 0 spiro atoms. The summed E-state index contributed by atoms with van der Waals surface area (Å²) in [6.07, 6.45) is 0.869. The van der Waals surface area contributed by atoms with Crippen molar-refractivity contribution in [3.63, 3.8) is 0 Å². The molecule has 0 fully saturated rings. The number of aromatic nitrogens is 2. The van der Waals surface area contributed by atoms with Gasteiger partial charge in [0.15, 0.2) is 0 Å². The van der Waals surface area contributed by atoms with Crippen LogP contribution >= 0.6 is 11.6 Å². The molecule has 1 aliphatic rings. The summed E-state index contributed by atoms with van der Waals surface area (Å²) in [7, 11) is 0. The molecule has 1 aromatic carbocycles. The molecule has 0 saturated carbocycles. The third kappa shape index (κ3) is 3.96. The topological polar surface area (TPSA) is 55.0 Å². The Hall–Kier alpha value is -1.65. The van der Waals surface area contributed by atoms with Gasteiger partial charge in [0.1, 0.15) is 5.15 Å². The summed E-state index contributed by atoms with van der Waals surface area (Å²) in [6.45, 7) is 8.78. The van der Waals surface area contributed by atoms with Crippen LogP contribution in [-0.4, -0.2) is 21.4 Å². The minimum absolute atomic E-state index is 0.265. The van der Waals surface area contributed by atoms with E-state index in [1.165, 1.54) is 11.1 Å². The van der Waals surface area contributed by atoms with Crippen LogP contribution in [-0.2, 0) is 19.5 Å². The lowest BCUT2D eigenvalue weighted by atomic mass is 10.1. The SMILES string of the molecule is CC.Cc1cccc(CN2CCc3nc(N)nc(Cl)c3C2)c1. The zero-order valence-electron chi connectivity index (χ0n) is 13.4. The van der Waals surface area contributed by atoms with Gasteiger partial charge in [-0.15, -0.1) is 0 Å². The molecule has 118 valence electrons. The summed E-state index contributed by atoms with van der Waals surface area (Å²) in [5, 5.41) is 0.487. The molecule has 2 N–H and O–H groups in total. The smallest absolute Gasteiger partial charge is 0.221 e. The standard InChI is InChI=1S/C15H17ClN4.C2H6/c1-10-3-2-4-11(7-10)8-20-6-5-13-12(9-20)14(16)19-15(17)18-13;1-2/h2-4,7H,5-6,8-9H2,1H3,(H2,17,18,19);1-2H3. The zero-order valence-corrected chi connectivity index (χ0v) is 14.2. The number of hydrogen-bond donors (Lipinski definition) is 1. The minimum Gasteiger partial charge on any atom is -0.368 e. The first-order valence-corrected chi connectivity index (χ1v) is 8.08. The molecular formula is C17H23ClN4. The predicted molar refractivity (Wildman–Crippen MR) is 91.8 cm³/mol. The summed E-state index contributed by atoms with van der Waals surface area (Å²) >= 11 is 6.18. The average Bonchev–Trinajstić information content (AvgIpc) is 2.50. The Morgan fingerprint density at radius 1 is 1.27 bits per heavy atom. The monoisotopic (exact) mass is 318 g/mol. The van der Waals surface area contributed by atoms with E-state index in [-0.39, 0.29) is 5.95 Å². The molecule has 4 nitrogen and oxygen atoms in total. The molecule has 0 unspecified atom stereocenters. The van der Waals surface area contributed by atoms with Crippen LogP contribution in [0, 0.1) is 6.92 Å². The number of halogens is 1. The van der Waals surface area contributed by atoms with Gasteiger partial charge in [-0.25, -0.2) is 9.97 Å². The van der Waals surface area contributed by atoms with Crippen molar-refractivity contribution in [1.29, 1.82) is 0 Å². The number of rotatable bonds is 2. The van der Waals surface area contributed by atoms with Crippen LogP contribution in [0.1, 0.15) is 36.2 Å². The van der Waals surface area contributed by atoms with Gasteiger partial charge in [0.25, 0.3) is 0 Å². The molecular weight excluding hydrogens is 296 g/mol. The number of aryl methyl sites for hydroxylation is 1. The van der Waals surface area contributed by atoms with Crippen LogP contribution < -0.4 is 5.73 Å². The normalized spacial score (nSPS) is 14.0. The van der Waals surface area contributed by atoms with E-state index in [2.05, 4.69) is 46.1 Å². The van der Waals surface area contributed by atoms with Gasteiger partial charge in [-0.2, -0.15) is 0 Å². The van der Waals surface area contributed by atoms with Gasteiger partial charge in [0.05, 0.1) is 5.69 Å². The van der Waals surface area contributed by atoms with Crippen LogP contribution in [0.15, 0.2) is 24.3 Å². The van der Waals surface area contributed by atoms with E-state index in [1.807, 2.05) is 13.8 Å². The summed E-state index contributed by atoms with van der Waals surface area (Å²) in [6, 6.07) is 8.59. The van der Waals surface area contributed by atoms with Crippen molar-refractivity contribution in [2.75, 3.05) is 12.3 Å². The summed E-state index contributed by atoms with van der Waals surface area (Å²) < 4.78 is 0. The van der Waals surface area contributed by atoms with Gasteiger partial charge in [-0.05, 0) is 12.5 Å². The maximum Gasteiger partial charge on any atom is 0.221 e. The third-order valence-electron chi connectivity index (χ3n) is 3.59. The Morgan fingerprint density at radius 2 is 2.05 bits per heavy atom. The summed E-state index contributed by atoms with van der Waals surface area (Å²) in [4.78, 5) is 10.7. The van der Waals surface area contributed by atoms with Crippen molar-refractivity contribution in [1.82, 2.24) is 14.9 Å². The van der Waals surface area contributed by atoms with E-state index in [0.29, 0.717) is 5.15 Å². The van der Waals surface area contributed by atoms with Crippen molar-refractivity contribution >= 4 is 17.5 Å². The molecule has 2 heterocycles. The Kier molecular flexibility index (Phi) is 5.75. The zero-order chi connectivity index (χ0) is 16.1. The molecule has 22 heavy (non-hydrogen) atoms. The van der Waals surface area contributed by atoms with E-state index in [1.54, 1.807) is 0 Å². The molecule has 0 radical (unpaired) electrons. The van der Waals surface area contributed by atoms with Crippen LogP contribution in [0.5, 0.6) is 0 Å². The number of nitrogens with two attached hydrogens (primary N) is 1. The highest BCUT2D eigenvalue weighted by molar-refractivity contribution is 6.30. The van der Waals surface area contributed by atoms with Gasteiger partial charge >= 0.3 is 0 Å². The summed E-state index contributed by atoms with van der Waals surface area (Å²) in [5.74, 6) is 0.265. The Labute approximate surface area is 137 Å². The predicted octanol–water partition coefficient (Wildman–Crippen LogP) is 3.61. The number of nitrogens with zero attached hydrogens (tertiary/aromatic N) is 3. The van der Waals surface area contributed by atoms with Crippen molar-refractivity contribution in [2.24, 2.45) is 0 Å². The quantitative estimate of drug-likeness (QED) is 0.859. The number of hydrogen-bond acceptors (Lipinski definition) is 4. The number of nitrogen functional groups attached to an aromatic ring is 1. The minimum atomic E-state index is 0.265. The van der Waals surface area contributed by atoms with E-state index in [4.69, 9.17) is 17.3 Å². The lowest BCUT2D eigenvalue weighted by Gasteiger charge is -2.28. The highest BCUT2D eigenvalue weighted by atomic mass is 35.5. The Balaban J connectivity index is 0.000000847. The van der Waals surface area contributed by atoms with E-state index < -0.39 is 0 Å². The molecule has 1 aromatic heterocycles. The van der Waals surface area contributed by atoms with Gasteiger partial charge in [0, 0.05) is 31.6 Å². The first-order valence-electron chi connectivity index (χ1n) is 7.70. The van der Waals surface area contributed by atoms with Crippen molar-refractivity contribution in [3.8, 4) is 0 Å². The third-order valence-corrected chi connectivity index (χ3v) is 3.91. The van der Waals surface area contributed by atoms with Crippen LogP contribution in [0.2, 0.25) is 5.15 Å². The molecule has 0 aliphatic carbocycles. The van der Waals surface area contributed by atoms with Gasteiger partial charge in [-0.3, -0.25) is 4.90 Å². The molecule has 5 heteroatoms. The first kappa shape index (κ1) is 16.7. The van der Waals surface area contributed by atoms with Crippen LogP contribution in [0.25, 0.3) is 0 Å². The molecule has 0 atom stereocenters. The average molecular weight is 319 g/mol. The lowest BCUT2D eigenvalue weighted by Crippen LogP contribution is -2.31. The Morgan fingerprint density at radius 3 is 2.77 bits per heavy atom. The fourth-order valence-corrected chi connectivity index (χ4v) is 2.91. The number of fused-ring (bicyclic) bond motifs is 1. The highest BCUT2D eigenvalue weighted by Gasteiger charge is 2.21. The Bertz CT molecular complexity index is 643. The number of benzene rings is 1. The van der Waals surface area contributed by atoms with Crippen LogP contribution in [0.3, 0.4) is 0 Å². The van der Waals surface area contributed by atoms with Gasteiger partial charge < -0.3 is 5.73 Å². The second kappa shape index (κ2) is 7.56. The van der Waals surface area contributed by atoms with Crippen LogP contribution in [0.4, 0.5) is 5.95 Å². The second-order valence-corrected chi connectivity index (χ2v) is 5.61. The fourth-order valence-electron chi connectivity index (χ4n) is 2.65. The lowest BCUT2D eigenvalue weighted by molar-refractivity contribution is 0.243. The highest BCUT2D eigenvalue weighted by Crippen LogP contribution is 2.25. The van der Waals surface area contributed by atoms with Gasteiger partial charge in [0.2, 0.25) is 5.95 Å². The van der Waals surface area contributed by atoms with E-state index >= 15 is 0 Å². The van der Waals surface area contributed by atoms with Crippen molar-refractivity contribution in [3.05, 3.63) is 51.8 Å². The summed E-state index contributed by atoms with van der Waals surface area (Å²) in [5.41, 5.74) is 10.2. The second-order valence-electron chi connectivity index (χ2n) is 5.25. The van der Waals surface area contributed by atoms with Crippen molar-refractivity contribution < 1.29 is 0 Å². The van der Waals surface area contributed by atoms with E-state index in [9.17, 15) is 0 Å². The fraction of sp³-hybridized carbons (Fsp3) is 0.412. The molecule has 0 saturated heterocycles. The molecule has 0 amide bonds. The first-order chi connectivity index (χ1) is 10.6.